The van der Waals surface area contributed by atoms with E-state index in [1.807, 2.05) is 35.2 Å². The van der Waals surface area contributed by atoms with E-state index in [2.05, 4.69) is 5.32 Å². The molecule has 0 unspecified atom stereocenters. The van der Waals surface area contributed by atoms with Gasteiger partial charge in [0.15, 0.2) is 0 Å². The number of nitrogens with two attached hydrogens (primary N) is 1. The summed E-state index contributed by atoms with van der Waals surface area (Å²) in [6.07, 6.45) is 1.62. The van der Waals surface area contributed by atoms with Gasteiger partial charge in [-0.1, -0.05) is 30.3 Å². The first-order valence-corrected chi connectivity index (χ1v) is 6.56. The van der Waals surface area contributed by atoms with Crippen molar-refractivity contribution in [2.24, 2.45) is 5.73 Å². The minimum atomic E-state index is -0.425. The van der Waals surface area contributed by atoms with Gasteiger partial charge in [0.25, 0.3) is 0 Å². The molecule has 0 bridgehead atoms. The molecule has 0 spiro atoms. The maximum absolute atomic E-state index is 12.2. The zero-order valence-corrected chi connectivity index (χ0v) is 10.6. The van der Waals surface area contributed by atoms with E-state index in [0.717, 1.165) is 38.2 Å². The van der Waals surface area contributed by atoms with E-state index in [1.165, 1.54) is 0 Å². The Kier molecular flexibility index (Phi) is 4.73. The quantitative estimate of drug-likeness (QED) is 0.812. The first-order chi connectivity index (χ1) is 8.77. The fourth-order valence-electron chi connectivity index (χ4n) is 2.26. The topological polar surface area (TPSA) is 58.4 Å². The van der Waals surface area contributed by atoms with Crippen LogP contribution in [0, 0.1) is 0 Å². The summed E-state index contributed by atoms with van der Waals surface area (Å²) in [5.41, 5.74) is 7.14. The molecule has 0 aliphatic carbocycles. The molecule has 1 heterocycles. The van der Waals surface area contributed by atoms with Crippen LogP contribution in [-0.4, -0.2) is 43.0 Å². The van der Waals surface area contributed by atoms with Crippen LogP contribution in [0.1, 0.15) is 12.0 Å². The maximum Gasteiger partial charge on any atom is 0.239 e. The van der Waals surface area contributed by atoms with Gasteiger partial charge in [-0.15, -0.1) is 0 Å². The third-order valence-electron chi connectivity index (χ3n) is 3.27. The van der Waals surface area contributed by atoms with E-state index >= 15 is 0 Å². The minimum absolute atomic E-state index is 0.0718. The molecule has 1 amide bonds. The molecule has 4 heteroatoms. The highest BCUT2D eigenvalue weighted by Crippen LogP contribution is 2.05. The van der Waals surface area contributed by atoms with Gasteiger partial charge in [0.2, 0.25) is 5.91 Å². The summed E-state index contributed by atoms with van der Waals surface area (Å²) in [6, 6.07) is 9.52. The molecule has 18 heavy (non-hydrogen) atoms. The summed E-state index contributed by atoms with van der Waals surface area (Å²) in [4.78, 5) is 14.1. The molecule has 1 aliphatic rings. The summed E-state index contributed by atoms with van der Waals surface area (Å²) in [6.45, 7) is 3.43. The number of hydrogen-bond donors (Lipinski definition) is 2. The molecule has 1 fully saturated rings. The Bertz CT molecular complexity index is 372. The number of nitrogens with one attached hydrogen (secondary N) is 1. The molecule has 3 N–H and O–H groups in total. The third kappa shape index (κ3) is 3.55. The number of nitrogens with zero attached hydrogens (tertiary/aromatic N) is 1. The molecule has 1 aromatic carbocycles. The van der Waals surface area contributed by atoms with Crippen molar-refractivity contribution in [2.45, 2.75) is 18.9 Å². The molecule has 0 saturated carbocycles. The lowest BCUT2D eigenvalue weighted by atomic mass is 10.1. The number of carbonyl (C=O) groups excluding carboxylic acids is 1. The van der Waals surface area contributed by atoms with E-state index in [0.29, 0.717) is 6.42 Å². The number of carbonyl (C=O) groups is 1. The lowest BCUT2D eigenvalue weighted by Crippen LogP contribution is -2.46. The SMILES string of the molecule is N[C@@H](Cc1ccccc1)C(=O)N1CCCNCC1. The zero-order valence-electron chi connectivity index (χ0n) is 10.6. The van der Waals surface area contributed by atoms with Crippen LogP contribution >= 0.6 is 0 Å². The van der Waals surface area contributed by atoms with Gasteiger partial charge < -0.3 is 16.0 Å². The van der Waals surface area contributed by atoms with Crippen molar-refractivity contribution >= 4 is 5.91 Å². The fraction of sp³-hybridized carbons (Fsp3) is 0.500. The molecule has 1 aromatic rings. The van der Waals surface area contributed by atoms with Gasteiger partial charge in [0.1, 0.15) is 0 Å². The van der Waals surface area contributed by atoms with E-state index in [9.17, 15) is 4.79 Å². The van der Waals surface area contributed by atoms with Crippen LogP contribution < -0.4 is 11.1 Å². The zero-order chi connectivity index (χ0) is 12.8. The van der Waals surface area contributed by atoms with E-state index in [4.69, 9.17) is 5.73 Å². The average Bonchev–Trinajstić information content (AvgIpc) is 2.68. The van der Waals surface area contributed by atoms with Crippen molar-refractivity contribution in [3.63, 3.8) is 0 Å². The summed E-state index contributed by atoms with van der Waals surface area (Å²) in [5, 5.41) is 3.29. The summed E-state index contributed by atoms with van der Waals surface area (Å²) in [7, 11) is 0. The Labute approximate surface area is 108 Å². The van der Waals surface area contributed by atoms with E-state index in [-0.39, 0.29) is 5.91 Å². The second kappa shape index (κ2) is 6.52. The lowest BCUT2D eigenvalue weighted by Gasteiger charge is -2.23. The predicted octanol–water partition coefficient (Wildman–Crippen LogP) is 0.378. The molecule has 0 aromatic heterocycles. The highest BCUT2D eigenvalue weighted by molar-refractivity contribution is 5.82. The molecule has 1 saturated heterocycles. The Balaban J connectivity index is 1.91. The van der Waals surface area contributed by atoms with Gasteiger partial charge in [-0.2, -0.15) is 0 Å². The Morgan fingerprint density at radius 2 is 2.06 bits per heavy atom. The van der Waals surface area contributed by atoms with Crippen molar-refractivity contribution in [3.05, 3.63) is 35.9 Å². The van der Waals surface area contributed by atoms with Crippen molar-refractivity contribution in [3.8, 4) is 0 Å². The van der Waals surface area contributed by atoms with E-state index < -0.39 is 6.04 Å². The normalized spacial score (nSPS) is 18.2. The number of hydrogen-bond acceptors (Lipinski definition) is 3. The predicted molar refractivity (Wildman–Crippen MR) is 72.2 cm³/mol. The van der Waals surface area contributed by atoms with Crippen LogP contribution in [0.4, 0.5) is 0 Å². The van der Waals surface area contributed by atoms with Crippen LogP contribution in [0.15, 0.2) is 30.3 Å². The lowest BCUT2D eigenvalue weighted by molar-refractivity contribution is -0.132. The van der Waals surface area contributed by atoms with Gasteiger partial charge in [-0.05, 0) is 24.9 Å². The Morgan fingerprint density at radius 1 is 1.28 bits per heavy atom. The number of benzene rings is 1. The number of amides is 1. The standard InChI is InChI=1S/C14H21N3O/c15-13(11-12-5-2-1-3-6-12)14(18)17-9-4-7-16-8-10-17/h1-3,5-6,13,16H,4,7-11,15H2/t13-/m0/s1. The second-order valence-electron chi connectivity index (χ2n) is 4.73. The van der Waals surface area contributed by atoms with Crippen molar-refractivity contribution in [1.29, 1.82) is 0 Å². The van der Waals surface area contributed by atoms with Crippen LogP contribution in [0.5, 0.6) is 0 Å². The number of rotatable bonds is 3. The molecule has 1 atom stereocenters. The molecule has 1 aliphatic heterocycles. The third-order valence-corrected chi connectivity index (χ3v) is 3.27. The van der Waals surface area contributed by atoms with Crippen molar-refractivity contribution in [1.82, 2.24) is 10.2 Å². The molecule has 4 nitrogen and oxygen atoms in total. The summed E-state index contributed by atoms with van der Waals surface area (Å²) in [5.74, 6) is 0.0718. The second-order valence-corrected chi connectivity index (χ2v) is 4.73. The van der Waals surface area contributed by atoms with Crippen LogP contribution in [0.2, 0.25) is 0 Å². The smallest absolute Gasteiger partial charge is 0.239 e. The molecular formula is C14H21N3O. The van der Waals surface area contributed by atoms with Gasteiger partial charge >= 0.3 is 0 Å². The average molecular weight is 247 g/mol. The summed E-state index contributed by atoms with van der Waals surface area (Å²) >= 11 is 0. The molecule has 2 rings (SSSR count). The van der Waals surface area contributed by atoms with Crippen molar-refractivity contribution < 1.29 is 4.79 Å². The monoisotopic (exact) mass is 247 g/mol. The highest BCUT2D eigenvalue weighted by atomic mass is 16.2. The molecule has 98 valence electrons. The van der Waals surface area contributed by atoms with Gasteiger partial charge in [0, 0.05) is 19.6 Å². The summed E-state index contributed by atoms with van der Waals surface area (Å²) < 4.78 is 0. The van der Waals surface area contributed by atoms with Crippen LogP contribution in [0.25, 0.3) is 0 Å². The minimum Gasteiger partial charge on any atom is -0.340 e. The first kappa shape index (κ1) is 13.1. The Morgan fingerprint density at radius 3 is 2.83 bits per heavy atom. The largest absolute Gasteiger partial charge is 0.340 e. The Hall–Kier alpha value is -1.39. The molecular weight excluding hydrogens is 226 g/mol. The van der Waals surface area contributed by atoms with Gasteiger partial charge in [0.05, 0.1) is 6.04 Å². The van der Waals surface area contributed by atoms with Crippen LogP contribution in [0.3, 0.4) is 0 Å². The highest BCUT2D eigenvalue weighted by Gasteiger charge is 2.21. The maximum atomic E-state index is 12.2. The molecule has 0 radical (unpaired) electrons. The van der Waals surface area contributed by atoms with Gasteiger partial charge in [-0.25, -0.2) is 0 Å². The fourth-order valence-corrected chi connectivity index (χ4v) is 2.26. The van der Waals surface area contributed by atoms with Crippen LogP contribution in [-0.2, 0) is 11.2 Å². The first-order valence-electron chi connectivity index (χ1n) is 6.56. The van der Waals surface area contributed by atoms with Crippen molar-refractivity contribution in [2.75, 3.05) is 26.2 Å². The van der Waals surface area contributed by atoms with E-state index in [1.54, 1.807) is 0 Å². The van der Waals surface area contributed by atoms with Gasteiger partial charge in [-0.3, -0.25) is 4.79 Å².